The van der Waals surface area contributed by atoms with Gasteiger partial charge in [0.1, 0.15) is 5.75 Å². The number of likely N-dealkylation sites (tertiary alicyclic amines) is 1. The SMILES string of the molecule is COc1cc(OC)c(C(c2ccc(-c3ccccc3)cc2)N2CCC(C(=O)O)CC2)cc1OC. The molecule has 1 fully saturated rings. The van der Waals surface area contributed by atoms with Crippen LogP contribution in [0.25, 0.3) is 11.1 Å². The molecule has 0 amide bonds. The maximum Gasteiger partial charge on any atom is 0.306 e. The molecule has 34 heavy (non-hydrogen) atoms. The van der Waals surface area contributed by atoms with Gasteiger partial charge in [-0.1, -0.05) is 54.6 Å². The van der Waals surface area contributed by atoms with Crippen molar-refractivity contribution in [1.82, 2.24) is 4.90 Å². The van der Waals surface area contributed by atoms with E-state index in [-0.39, 0.29) is 12.0 Å². The molecule has 6 nitrogen and oxygen atoms in total. The zero-order valence-electron chi connectivity index (χ0n) is 19.9. The first-order valence-electron chi connectivity index (χ1n) is 11.5. The van der Waals surface area contributed by atoms with Crippen LogP contribution in [0.3, 0.4) is 0 Å². The summed E-state index contributed by atoms with van der Waals surface area (Å²) in [6, 6.07) is 22.5. The number of carboxylic acids is 1. The van der Waals surface area contributed by atoms with Crippen LogP contribution < -0.4 is 14.2 Å². The van der Waals surface area contributed by atoms with Gasteiger partial charge in [-0.15, -0.1) is 0 Å². The first-order chi connectivity index (χ1) is 16.5. The van der Waals surface area contributed by atoms with Gasteiger partial charge in [-0.25, -0.2) is 0 Å². The molecular formula is C28H31NO5. The second kappa shape index (κ2) is 10.6. The number of benzene rings is 3. The Kier molecular flexibility index (Phi) is 7.38. The van der Waals surface area contributed by atoms with Crippen LogP contribution in [0.4, 0.5) is 0 Å². The van der Waals surface area contributed by atoms with Crippen LogP contribution >= 0.6 is 0 Å². The summed E-state index contributed by atoms with van der Waals surface area (Å²) in [5.41, 5.74) is 4.38. The Balaban J connectivity index is 1.76. The first-order valence-corrected chi connectivity index (χ1v) is 11.5. The highest BCUT2D eigenvalue weighted by atomic mass is 16.5. The molecule has 0 aromatic heterocycles. The fourth-order valence-corrected chi connectivity index (χ4v) is 4.75. The minimum atomic E-state index is -0.716. The van der Waals surface area contributed by atoms with Crippen LogP contribution in [0.15, 0.2) is 66.7 Å². The number of nitrogens with zero attached hydrogens (tertiary/aromatic N) is 1. The molecule has 1 aliphatic heterocycles. The quantitative estimate of drug-likeness (QED) is 0.493. The van der Waals surface area contributed by atoms with Crippen molar-refractivity contribution in [1.29, 1.82) is 0 Å². The van der Waals surface area contributed by atoms with Gasteiger partial charge >= 0.3 is 5.97 Å². The van der Waals surface area contributed by atoms with E-state index in [0.717, 1.165) is 22.3 Å². The number of methoxy groups -OCH3 is 3. The number of piperidine rings is 1. The summed E-state index contributed by atoms with van der Waals surface area (Å²) < 4.78 is 16.9. The number of rotatable bonds is 8. The van der Waals surface area contributed by atoms with Crippen molar-refractivity contribution >= 4 is 5.97 Å². The van der Waals surface area contributed by atoms with Gasteiger partial charge in [0.2, 0.25) is 0 Å². The van der Waals surface area contributed by atoms with E-state index in [1.807, 2.05) is 30.3 Å². The molecule has 178 valence electrons. The maximum absolute atomic E-state index is 11.5. The molecule has 0 bridgehead atoms. The molecule has 1 N–H and O–H groups in total. The summed E-state index contributed by atoms with van der Waals surface area (Å²) in [5, 5.41) is 9.48. The average molecular weight is 462 g/mol. The van der Waals surface area contributed by atoms with Gasteiger partial charge in [-0.3, -0.25) is 9.69 Å². The van der Waals surface area contributed by atoms with E-state index < -0.39 is 5.97 Å². The normalized spacial score (nSPS) is 15.5. The van der Waals surface area contributed by atoms with Crippen molar-refractivity contribution < 1.29 is 24.1 Å². The van der Waals surface area contributed by atoms with Crippen LogP contribution in [-0.2, 0) is 4.79 Å². The summed E-state index contributed by atoms with van der Waals surface area (Å²) in [7, 11) is 4.88. The van der Waals surface area contributed by atoms with Gasteiger partial charge in [-0.2, -0.15) is 0 Å². The molecule has 1 unspecified atom stereocenters. The van der Waals surface area contributed by atoms with E-state index >= 15 is 0 Å². The largest absolute Gasteiger partial charge is 0.496 e. The predicted molar refractivity (Wildman–Crippen MR) is 132 cm³/mol. The van der Waals surface area contributed by atoms with Gasteiger partial charge < -0.3 is 19.3 Å². The summed E-state index contributed by atoms with van der Waals surface area (Å²) in [6.45, 7) is 1.36. The van der Waals surface area contributed by atoms with Crippen LogP contribution in [0.5, 0.6) is 17.2 Å². The van der Waals surface area contributed by atoms with Crippen molar-refractivity contribution in [2.75, 3.05) is 34.4 Å². The van der Waals surface area contributed by atoms with Crippen molar-refractivity contribution in [2.24, 2.45) is 5.92 Å². The molecule has 4 rings (SSSR count). The van der Waals surface area contributed by atoms with Crippen LogP contribution in [-0.4, -0.2) is 50.4 Å². The Labute approximate surface area is 200 Å². The lowest BCUT2D eigenvalue weighted by Crippen LogP contribution is -2.39. The monoisotopic (exact) mass is 461 g/mol. The zero-order chi connectivity index (χ0) is 24.1. The van der Waals surface area contributed by atoms with Gasteiger partial charge in [0.25, 0.3) is 0 Å². The lowest BCUT2D eigenvalue weighted by atomic mass is 9.90. The molecule has 0 saturated carbocycles. The third-order valence-electron chi connectivity index (χ3n) is 6.61. The van der Waals surface area contributed by atoms with Crippen molar-refractivity contribution in [3.8, 4) is 28.4 Å². The lowest BCUT2D eigenvalue weighted by Gasteiger charge is -2.37. The summed E-state index contributed by atoms with van der Waals surface area (Å²) in [6.07, 6.45) is 1.23. The van der Waals surface area contributed by atoms with E-state index in [9.17, 15) is 9.90 Å². The number of hydrogen-bond acceptors (Lipinski definition) is 5. The molecule has 1 saturated heterocycles. The first kappa shape index (κ1) is 23.6. The molecule has 1 heterocycles. The maximum atomic E-state index is 11.5. The molecule has 3 aromatic rings. The van der Waals surface area contributed by atoms with Gasteiger partial charge in [0.05, 0.1) is 33.3 Å². The highest BCUT2D eigenvalue weighted by molar-refractivity contribution is 5.70. The Hall–Kier alpha value is -3.51. The number of carboxylic acid groups (broad SMARTS) is 1. The zero-order valence-corrected chi connectivity index (χ0v) is 19.9. The topological polar surface area (TPSA) is 68.2 Å². The minimum absolute atomic E-state index is 0.116. The molecule has 6 heteroatoms. The van der Waals surface area contributed by atoms with Crippen LogP contribution in [0.1, 0.15) is 30.0 Å². The van der Waals surface area contributed by atoms with Crippen LogP contribution in [0, 0.1) is 5.92 Å². The molecule has 1 aliphatic rings. The second-order valence-electron chi connectivity index (χ2n) is 8.49. The van der Waals surface area contributed by atoms with Crippen molar-refractivity contribution in [2.45, 2.75) is 18.9 Å². The second-order valence-corrected chi connectivity index (χ2v) is 8.49. The van der Waals surface area contributed by atoms with Gasteiger partial charge in [-0.05, 0) is 48.7 Å². The van der Waals surface area contributed by atoms with E-state index in [0.29, 0.717) is 43.2 Å². The predicted octanol–water partition coefficient (Wildman–Crippen LogP) is 5.27. The Morgan fingerprint density at radius 1 is 0.824 bits per heavy atom. The molecular weight excluding hydrogens is 430 g/mol. The van der Waals surface area contributed by atoms with Crippen molar-refractivity contribution in [3.63, 3.8) is 0 Å². The smallest absolute Gasteiger partial charge is 0.306 e. The highest BCUT2D eigenvalue weighted by Crippen LogP contribution is 2.43. The fourth-order valence-electron chi connectivity index (χ4n) is 4.75. The average Bonchev–Trinajstić information content (AvgIpc) is 2.89. The lowest BCUT2D eigenvalue weighted by molar-refractivity contribution is -0.143. The van der Waals surface area contributed by atoms with Gasteiger partial charge in [0, 0.05) is 11.6 Å². The third kappa shape index (κ3) is 4.87. The molecule has 0 radical (unpaired) electrons. The van der Waals surface area contributed by atoms with E-state index in [2.05, 4.69) is 41.3 Å². The summed E-state index contributed by atoms with van der Waals surface area (Å²) in [4.78, 5) is 13.9. The highest BCUT2D eigenvalue weighted by Gasteiger charge is 2.32. The molecule has 0 spiro atoms. The van der Waals surface area contributed by atoms with Crippen LogP contribution in [0.2, 0.25) is 0 Å². The third-order valence-corrected chi connectivity index (χ3v) is 6.61. The molecule has 1 atom stereocenters. The number of ether oxygens (including phenoxy) is 3. The summed E-state index contributed by atoms with van der Waals surface area (Å²) >= 11 is 0. The van der Waals surface area contributed by atoms with E-state index in [4.69, 9.17) is 14.2 Å². The van der Waals surface area contributed by atoms with Gasteiger partial charge in [0.15, 0.2) is 11.5 Å². The van der Waals surface area contributed by atoms with Crippen molar-refractivity contribution in [3.05, 3.63) is 77.9 Å². The number of aliphatic carboxylic acids is 1. The summed E-state index contributed by atoms with van der Waals surface area (Å²) in [5.74, 6) is 0.919. The Bertz CT molecular complexity index is 1110. The number of carbonyl (C=O) groups is 1. The Morgan fingerprint density at radius 2 is 1.38 bits per heavy atom. The Morgan fingerprint density at radius 3 is 1.94 bits per heavy atom. The minimum Gasteiger partial charge on any atom is -0.496 e. The number of hydrogen-bond donors (Lipinski definition) is 1. The molecule has 0 aliphatic carbocycles. The molecule has 3 aromatic carbocycles. The van der Waals surface area contributed by atoms with E-state index in [1.165, 1.54) is 0 Å². The fraction of sp³-hybridized carbons (Fsp3) is 0.321. The standard InChI is InChI=1S/C28H31NO5/c1-32-24-18-26(34-3)25(33-2)17-23(24)27(29-15-13-22(14-16-29)28(30)31)21-11-9-20(10-12-21)19-7-5-4-6-8-19/h4-12,17-18,22,27H,13-16H2,1-3H3,(H,30,31). The van der Waals surface area contributed by atoms with E-state index in [1.54, 1.807) is 21.3 Å².